The minimum absolute atomic E-state index is 0.152. The zero-order valence-electron chi connectivity index (χ0n) is 24.0. The van der Waals surface area contributed by atoms with E-state index in [0.29, 0.717) is 5.56 Å². The van der Waals surface area contributed by atoms with Crippen molar-refractivity contribution >= 4 is 23.8 Å². The Kier molecular flexibility index (Phi) is 8.04. The van der Waals surface area contributed by atoms with Gasteiger partial charge in [0.25, 0.3) is 0 Å². The lowest BCUT2D eigenvalue weighted by molar-refractivity contribution is -0.153. The molecular formula is C31H38N4O6. The number of fused-ring (bicyclic) bond motifs is 4. The van der Waals surface area contributed by atoms with Gasteiger partial charge in [0, 0.05) is 19.0 Å². The van der Waals surface area contributed by atoms with Gasteiger partial charge < -0.3 is 25.0 Å². The Hall–Kier alpha value is -3.92. The lowest BCUT2D eigenvalue weighted by Crippen LogP contribution is -2.52. The fourth-order valence-corrected chi connectivity index (χ4v) is 5.85. The molecular weight excluding hydrogens is 524 g/mol. The molecule has 3 aliphatic rings. The van der Waals surface area contributed by atoms with E-state index in [9.17, 15) is 19.2 Å². The molecule has 1 fully saturated rings. The number of nitrogens with one attached hydrogen (secondary N) is 2. The molecule has 2 heterocycles. The molecule has 2 aromatic carbocycles. The number of hydrogen-bond acceptors (Lipinski definition) is 6. The molecule has 0 spiro atoms. The highest BCUT2D eigenvalue weighted by atomic mass is 16.6. The van der Waals surface area contributed by atoms with E-state index in [4.69, 9.17) is 9.47 Å². The van der Waals surface area contributed by atoms with Crippen molar-refractivity contribution in [2.45, 2.75) is 76.4 Å². The number of carbonyl (C=O) groups is 4. The molecule has 1 unspecified atom stereocenters. The van der Waals surface area contributed by atoms with E-state index in [2.05, 4.69) is 16.7 Å². The number of aryl methyl sites for hydroxylation is 1. The van der Waals surface area contributed by atoms with Crippen molar-refractivity contribution in [3.63, 3.8) is 0 Å². The molecule has 0 radical (unpaired) electrons. The van der Waals surface area contributed by atoms with Crippen molar-refractivity contribution in [1.82, 2.24) is 20.4 Å². The van der Waals surface area contributed by atoms with Gasteiger partial charge in [0.05, 0.1) is 12.6 Å². The van der Waals surface area contributed by atoms with Gasteiger partial charge in [-0.05, 0) is 56.7 Å². The Morgan fingerprint density at radius 2 is 1.66 bits per heavy atom. The second kappa shape index (κ2) is 11.5. The summed E-state index contributed by atoms with van der Waals surface area (Å²) in [7, 11) is 1.46. The summed E-state index contributed by atoms with van der Waals surface area (Å²) < 4.78 is 11.4. The summed E-state index contributed by atoms with van der Waals surface area (Å²) >= 11 is 0. The SMILES string of the molecule is CN(CC(=O)N[C@H]1CCO[C@H]2c3ccccc3C(C(=O)N[C@@H]3CCCc4ccccc43)N2C1=O)C(=O)OC(C)(C)C. The first-order chi connectivity index (χ1) is 19.5. The molecule has 5 rings (SSSR count). The van der Waals surface area contributed by atoms with Gasteiger partial charge in [-0.3, -0.25) is 19.3 Å². The molecule has 2 aliphatic heterocycles. The summed E-state index contributed by atoms with van der Waals surface area (Å²) in [5, 5.41) is 5.97. The molecule has 4 amide bonds. The van der Waals surface area contributed by atoms with Crippen LogP contribution in [0.25, 0.3) is 0 Å². The van der Waals surface area contributed by atoms with Crippen molar-refractivity contribution in [3.05, 3.63) is 70.8 Å². The summed E-state index contributed by atoms with van der Waals surface area (Å²) in [6.07, 6.45) is 1.61. The number of benzene rings is 2. The van der Waals surface area contributed by atoms with Crippen LogP contribution in [0.15, 0.2) is 48.5 Å². The van der Waals surface area contributed by atoms with Crippen molar-refractivity contribution in [1.29, 1.82) is 0 Å². The molecule has 2 aromatic rings. The fourth-order valence-electron chi connectivity index (χ4n) is 5.85. The van der Waals surface area contributed by atoms with Gasteiger partial charge in [0.15, 0.2) is 6.23 Å². The van der Waals surface area contributed by atoms with Crippen LogP contribution in [0.2, 0.25) is 0 Å². The number of likely N-dealkylation sites (N-methyl/N-ethyl adjacent to an activating group) is 1. The molecule has 0 aromatic heterocycles. The van der Waals surface area contributed by atoms with E-state index in [1.54, 1.807) is 20.8 Å². The minimum atomic E-state index is -0.917. The van der Waals surface area contributed by atoms with Crippen LogP contribution in [0, 0.1) is 0 Å². The fraction of sp³-hybridized carbons (Fsp3) is 0.484. The summed E-state index contributed by atoms with van der Waals surface area (Å²) in [5.74, 6) is -1.19. The Morgan fingerprint density at radius 3 is 2.39 bits per heavy atom. The lowest BCUT2D eigenvalue weighted by Gasteiger charge is -2.32. The highest BCUT2D eigenvalue weighted by Crippen LogP contribution is 2.45. The van der Waals surface area contributed by atoms with E-state index in [-0.39, 0.29) is 31.5 Å². The lowest BCUT2D eigenvalue weighted by atomic mass is 9.87. The van der Waals surface area contributed by atoms with Crippen LogP contribution < -0.4 is 10.6 Å². The van der Waals surface area contributed by atoms with Crippen molar-refractivity contribution in [3.8, 4) is 0 Å². The second-order valence-electron chi connectivity index (χ2n) is 11.9. The molecule has 2 N–H and O–H groups in total. The number of ether oxygens (including phenoxy) is 2. The Morgan fingerprint density at radius 1 is 0.976 bits per heavy atom. The third-order valence-electron chi connectivity index (χ3n) is 7.68. The molecule has 0 bridgehead atoms. The van der Waals surface area contributed by atoms with Crippen LogP contribution in [0.5, 0.6) is 0 Å². The van der Waals surface area contributed by atoms with Gasteiger partial charge in [0.1, 0.15) is 24.2 Å². The maximum Gasteiger partial charge on any atom is 0.410 e. The van der Waals surface area contributed by atoms with Crippen molar-refractivity contribution in [2.75, 3.05) is 20.2 Å². The zero-order valence-corrected chi connectivity index (χ0v) is 24.0. The topological polar surface area (TPSA) is 117 Å². The standard InChI is InChI=1S/C31H38N4O6/c1-31(2,3)41-30(39)34(4)18-25(36)32-24-16-17-40-29-22-14-8-7-13-21(22)26(35(29)28(24)38)27(37)33-23-15-9-11-19-10-5-6-12-20(19)23/h5-8,10,12-14,23-24,26,29H,9,11,15-18H2,1-4H3,(H,32,36)(H,33,37)/t23-,24+,26?,29+/m1/s1. The third-order valence-corrected chi connectivity index (χ3v) is 7.68. The van der Waals surface area contributed by atoms with E-state index in [1.165, 1.54) is 17.5 Å². The van der Waals surface area contributed by atoms with E-state index < -0.39 is 41.8 Å². The van der Waals surface area contributed by atoms with E-state index >= 15 is 0 Å². The zero-order chi connectivity index (χ0) is 29.3. The summed E-state index contributed by atoms with van der Waals surface area (Å²) in [6, 6.07) is 13.6. The summed E-state index contributed by atoms with van der Waals surface area (Å²) in [4.78, 5) is 55.8. The summed E-state index contributed by atoms with van der Waals surface area (Å²) in [6.45, 7) is 5.15. The van der Waals surface area contributed by atoms with Crippen molar-refractivity contribution in [2.24, 2.45) is 0 Å². The molecule has 10 heteroatoms. The molecule has 0 saturated carbocycles. The predicted molar refractivity (Wildman–Crippen MR) is 150 cm³/mol. The van der Waals surface area contributed by atoms with Gasteiger partial charge in [-0.15, -0.1) is 0 Å². The first-order valence-corrected chi connectivity index (χ1v) is 14.2. The maximum atomic E-state index is 14.0. The van der Waals surface area contributed by atoms with Gasteiger partial charge in [0.2, 0.25) is 17.7 Å². The van der Waals surface area contributed by atoms with Crippen LogP contribution in [0.3, 0.4) is 0 Å². The van der Waals surface area contributed by atoms with Crippen LogP contribution in [0.1, 0.15) is 80.6 Å². The molecule has 4 atom stereocenters. The number of rotatable bonds is 5. The quantitative estimate of drug-likeness (QED) is 0.576. The predicted octanol–water partition coefficient (Wildman–Crippen LogP) is 3.53. The molecule has 218 valence electrons. The van der Waals surface area contributed by atoms with Gasteiger partial charge in [-0.1, -0.05) is 48.5 Å². The summed E-state index contributed by atoms with van der Waals surface area (Å²) in [5.41, 5.74) is 3.10. The number of carbonyl (C=O) groups excluding carboxylic acids is 4. The largest absolute Gasteiger partial charge is 0.444 e. The molecule has 10 nitrogen and oxygen atoms in total. The average Bonchev–Trinajstić information content (AvgIpc) is 3.17. The second-order valence-corrected chi connectivity index (χ2v) is 11.9. The van der Waals surface area contributed by atoms with Gasteiger partial charge in [-0.2, -0.15) is 0 Å². The Labute approximate surface area is 240 Å². The highest BCUT2D eigenvalue weighted by molar-refractivity contribution is 5.95. The normalized spacial score (nSPS) is 23.4. The number of nitrogens with zero attached hydrogens (tertiary/aromatic N) is 2. The minimum Gasteiger partial charge on any atom is -0.444 e. The van der Waals surface area contributed by atoms with Crippen LogP contribution in [-0.2, 0) is 30.3 Å². The Bertz CT molecular complexity index is 1340. The van der Waals surface area contributed by atoms with Gasteiger partial charge in [-0.25, -0.2) is 4.79 Å². The van der Waals surface area contributed by atoms with E-state index in [1.807, 2.05) is 42.5 Å². The molecule has 41 heavy (non-hydrogen) atoms. The number of hydrogen-bond donors (Lipinski definition) is 2. The highest BCUT2D eigenvalue weighted by Gasteiger charge is 2.49. The monoisotopic (exact) mass is 562 g/mol. The maximum absolute atomic E-state index is 14.0. The Balaban J connectivity index is 1.34. The van der Waals surface area contributed by atoms with Gasteiger partial charge >= 0.3 is 6.09 Å². The van der Waals surface area contributed by atoms with E-state index in [0.717, 1.165) is 35.3 Å². The third kappa shape index (κ3) is 6.07. The van der Waals surface area contributed by atoms with Crippen LogP contribution in [0.4, 0.5) is 4.79 Å². The average molecular weight is 563 g/mol. The molecule has 1 saturated heterocycles. The van der Waals surface area contributed by atoms with Crippen molar-refractivity contribution < 1.29 is 28.7 Å². The van der Waals surface area contributed by atoms with Crippen LogP contribution in [-0.4, -0.2) is 65.5 Å². The molecule has 1 aliphatic carbocycles. The first-order valence-electron chi connectivity index (χ1n) is 14.2. The van der Waals surface area contributed by atoms with Crippen LogP contribution >= 0.6 is 0 Å². The smallest absolute Gasteiger partial charge is 0.410 e. The number of amides is 4. The first kappa shape index (κ1) is 28.6.